The number of halogens is 1. The molecule has 2 aromatic rings. The molecule has 0 bridgehead atoms. The molecule has 0 unspecified atom stereocenters. The minimum absolute atomic E-state index is 0.00977. The molecule has 1 aromatic carbocycles. The Balaban J connectivity index is 1.95. The number of amides is 1. The summed E-state index contributed by atoms with van der Waals surface area (Å²) < 4.78 is 20.1. The molecular formula is C14H12FN3O3. The quantitative estimate of drug-likeness (QED) is 0.864. The third-order valence-corrected chi connectivity index (χ3v) is 3.08. The van der Waals surface area contributed by atoms with Gasteiger partial charge in [-0.1, -0.05) is 34.8 Å². The highest BCUT2D eigenvalue weighted by atomic mass is 19.2. The third kappa shape index (κ3) is 2.45. The van der Waals surface area contributed by atoms with Crippen LogP contribution in [0.2, 0.25) is 0 Å². The van der Waals surface area contributed by atoms with Crippen LogP contribution in [0.3, 0.4) is 0 Å². The number of hydrogen-bond donors (Lipinski definition) is 1. The van der Waals surface area contributed by atoms with Crippen LogP contribution >= 0.6 is 0 Å². The number of rotatable bonds is 3. The highest BCUT2D eigenvalue weighted by Crippen LogP contribution is 2.19. The summed E-state index contributed by atoms with van der Waals surface area (Å²) in [6.45, 7) is -0.167. The number of nitrogens with zero attached hydrogens (tertiary/aromatic N) is 2. The number of carbonyl (C=O) groups excluding carboxylic acids is 1. The summed E-state index contributed by atoms with van der Waals surface area (Å²) in [6.07, 6.45) is 1.37. The average Bonchev–Trinajstić information content (AvgIpc) is 2.51. The normalized spacial score (nSPS) is 13.6. The van der Waals surface area contributed by atoms with E-state index in [1.807, 2.05) is 30.3 Å². The van der Waals surface area contributed by atoms with Crippen LogP contribution in [0.1, 0.15) is 16.1 Å². The number of benzene rings is 1. The van der Waals surface area contributed by atoms with Crippen LogP contribution in [-0.4, -0.2) is 22.4 Å². The maximum atomic E-state index is 13.4. The van der Waals surface area contributed by atoms with E-state index in [0.29, 0.717) is 0 Å². The summed E-state index contributed by atoms with van der Waals surface area (Å²) in [5, 5.41) is -0.00977. The zero-order chi connectivity index (χ0) is 14.8. The molecule has 1 aliphatic heterocycles. The third-order valence-electron chi connectivity index (χ3n) is 3.08. The Morgan fingerprint density at radius 2 is 1.95 bits per heavy atom. The number of hydrogen-bond acceptors (Lipinski definition) is 4. The second-order valence-electron chi connectivity index (χ2n) is 4.49. The molecular weight excluding hydrogens is 277 g/mol. The van der Waals surface area contributed by atoms with Crippen molar-refractivity contribution in [1.29, 1.82) is 0 Å². The van der Waals surface area contributed by atoms with Crippen molar-refractivity contribution in [2.75, 3.05) is 12.1 Å². The molecule has 3 rings (SSSR count). The fourth-order valence-electron chi connectivity index (χ4n) is 2.04. The van der Waals surface area contributed by atoms with Gasteiger partial charge in [-0.05, 0) is 5.56 Å². The molecule has 2 heterocycles. The number of pyridine rings is 1. The summed E-state index contributed by atoms with van der Waals surface area (Å²) in [7, 11) is 0. The lowest BCUT2D eigenvalue weighted by atomic mass is 10.2. The molecule has 0 aliphatic carbocycles. The Morgan fingerprint density at radius 1 is 1.19 bits per heavy atom. The van der Waals surface area contributed by atoms with Gasteiger partial charge in [-0.15, -0.1) is 0 Å². The van der Waals surface area contributed by atoms with Crippen molar-refractivity contribution in [1.82, 2.24) is 9.80 Å². The summed E-state index contributed by atoms with van der Waals surface area (Å²) in [4.78, 5) is 23.8. The van der Waals surface area contributed by atoms with Gasteiger partial charge in [-0.3, -0.25) is 14.3 Å². The van der Waals surface area contributed by atoms with Crippen molar-refractivity contribution in [3.63, 3.8) is 0 Å². The summed E-state index contributed by atoms with van der Waals surface area (Å²) in [6, 6.07) is 10.4. The van der Waals surface area contributed by atoms with Crippen LogP contribution in [0, 0.1) is 0 Å². The number of carbonyl (C=O) groups is 1. The maximum Gasteiger partial charge on any atom is 0.305 e. The van der Waals surface area contributed by atoms with Gasteiger partial charge in [0, 0.05) is 12.3 Å². The summed E-state index contributed by atoms with van der Waals surface area (Å²) in [5.41, 5.74) is 2.86. The molecule has 1 N–H and O–H groups in total. The first-order chi connectivity index (χ1) is 10.2. The molecule has 1 aliphatic rings. The van der Waals surface area contributed by atoms with E-state index in [-0.39, 0.29) is 29.8 Å². The molecule has 21 heavy (non-hydrogen) atoms. The van der Waals surface area contributed by atoms with E-state index in [9.17, 15) is 14.1 Å². The average molecular weight is 289 g/mol. The highest BCUT2D eigenvalue weighted by Gasteiger charge is 2.29. The molecule has 1 amide bonds. The van der Waals surface area contributed by atoms with Crippen LogP contribution in [0.25, 0.3) is 0 Å². The van der Waals surface area contributed by atoms with Crippen LogP contribution in [0.15, 0.2) is 47.4 Å². The molecule has 0 saturated carbocycles. The van der Waals surface area contributed by atoms with Gasteiger partial charge in [-0.25, -0.2) is 0 Å². The lowest BCUT2D eigenvalue weighted by molar-refractivity contribution is 0.0158. The molecule has 0 saturated heterocycles. The topological polar surface area (TPSA) is 63.6 Å². The van der Waals surface area contributed by atoms with Gasteiger partial charge in [0.25, 0.3) is 0 Å². The molecule has 1 aromatic heterocycles. The molecule has 0 spiro atoms. The minimum Gasteiger partial charge on any atom is -0.482 e. The largest absolute Gasteiger partial charge is 0.482 e. The Labute approximate surface area is 119 Å². The Hall–Kier alpha value is -2.83. The zero-order valence-electron chi connectivity index (χ0n) is 11.0. The van der Waals surface area contributed by atoms with Crippen LogP contribution in [0.4, 0.5) is 4.48 Å². The molecule has 108 valence electrons. The summed E-state index contributed by atoms with van der Waals surface area (Å²) >= 11 is 0. The standard InChI is InChI=1S/C14H12FN3O3/c15-17-9-16-18-7-6-11(19)13(12(18)14(17)20)21-8-10-4-2-1-3-5-10/h1-7,16H,8-9H2. The smallest absolute Gasteiger partial charge is 0.305 e. The predicted octanol–water partition coefficient (Wildman–Crippen LogP) is 1.27. The van der Waals surface area contributed by atoms with Crippen LogP contribution in [-0.2, 0) is 6.61 Å². The van der Waals surface area contributed by atoms with Gasteiger partial charge in [0.15, 0.2) is 11.4 Å². The van der Waals surface area contributed by atoms with Gasteiger partial charge in [0.05, 0.1) is 0 Å². The molecule has 7 heteroatoms. The van der Waals surface area contributed by atoms with E-state index in [4.69, 9.17) is 4.74 Å². The first-order valence-corrected chi connectivity index (χ1v) is 6.31. The predicted molar refractivity (Wildman–Crippen MR) is 73.0 cm³/mol. The Kier molecular flexibility index (Phi) is 3.31. The van der Waals surface area contributed by atoms with Gasteiger partial charge < -0.3 is 10.2 Å². The number of nitrogens with one attached hydrogen (secondary N) is 1. The first kappa shape index (κ1) is 13.2. The second-order valence-corrected chi connectivity index (χ2v) is 4.49. The van der Waals surface area contributed by atoms with Crippen molar-refractivity contribution < 1.29 is 14.0 Å². The van der Waals surface area contributed by atoms with Crippen molar-refractivity contribution in [2.24, 2.45) is 0 Å². The fraction of sp³-hybridized carbons (Fsp3) is 0.143. The van der Waals surface area contributed by atoms with Crippen molar-refractivity contribution in [3.05, 3.63) is 64.1 Å². The van der Waals surface area contributed by atoms with Gasteiger partial charge >= 0.3 is 5.91 Å². The SMILES string of the molecule is O=C1c2c(OCc3ccccc3)c(=O)ccn2NCN1F. The van der Waals surface area contributed by atoms with E-state index in [0.717, 1.165) is 5.56 Å². The number of ether oxygens (including phenoxy) is 1. The fourth-order valence-corrected chi connectivity index (χ4v) is 2.04. The Morgan fingerprint density at radius 3 is 2.71 bits per heavy atom. The number of aromatic nitrogens is 1. The molecule has 0 fully saturated rings. The molecule has 0 radical (unpaired) electrons. The lowest BCUT2D eigenvalue weighted by Gasteiger charge is -2.25. The van der Waals surface area contributed by atoms with Crippen molar-refractivity contribution in [3.8, 4) is 5.75 Å². The maximum absolute atomic E-state index is 13.4. The minimum atomic E-state index is -0.908. The van der Waals surface area contributed by atoms with Gasteiger partial charge in [0.2, 0.25) is 5.43 Å². The first-order valence-electron chi connectivity index (χ1n) is 6.31. The zero-order valence-corrected chi connectivity index (χ0v) is 11.0. The second kappa shape index (κ2) is 5.28. The van der Waals surface area contributed by atoms with Crippen molar-refractivity contribution in [2.45, 2.75) is 6.61 Å². The number of fused-ring (bicyclic) bond motifs is 1. The van der Waals surface area contributed by atoms with E-state index >= 15 is 0 Å². The summed E-state index contributed by atoms with van der Waals surface area (Å²) in [5.74, 6) is -1.07. The van der Waals surface area contributed by atoms with E-state index in [1.165, 1.54) is 16.9 Å². The van der Waals surface area contributed by atoms with E-state index in [2.05, 4.69) is 5.43 Å². The monoisotopic (exact) mass is 289 g/mol. The van der Waals surface area contributed by atoms with E-state index < -0.39 is 11.3 Å². The molecule has 6 nitrogen and oxygen atoms in total. The van der Waals surface area contributed by atoms with E-state index in [1.54, 1.807) is 0 Å². The van der Waals surface area contributed by atoms with Gasteiger partial charge in [0.1, 0.15) is 13.3 Å². The van der Waals surface area contributed by atoms with Crippen LogP contribution < -0.4 is 15.6 Å². The van der Waals surface area contributed by atoms with Crippen LogP contribution in [0.5, 0.6) is 5.75 Å². The van der Waals surface area contributed by atoms with Gasteiger partial charge in [-0.2, -0.15) is 5.12 Å². The van der Waals surface area contributed by atoms with Crippen molar-refractivity contribution >= 4 is 5.91 Å². The Bertz CT molecular complexity index is 730. The molecule has 0 atom stereocenters. The lowest BCUT2D eigenvalue weighted by Crippen LogP contribution is -2.42. The highest BCUT2D eigenvalue weighted by molar-refractivity contribution is 5.95.